The number of aliphatic hydroxyl groups is 1. The van der Waals surface area contributed by atoms with E-state index in [9.17, 15) is 9.90 Å². The van der Waals surface area contributed by atoms with Crippen molar-refractivity contribution in [3.05, 3.63) is 35.9 Å². The molecule has 0 radical (unpaired) electrons. The Labute approximate surface area is 112 Å². The first-order valence-corrected chi connectivity index (χ1v) is 6.24. The van der Waals surface area contributed by atoms with Crippen molar-refractivity contribution >= 4 is 17.5 Å². The summed E-state index contributed by atoms with van der Waals surface area (Å²) in [7, 11) is 0. The van der Waals surface area contributed by atoms with Crippen molar-refractivity contribution < 1.29 is 14.6 Å². The van der Waals surface area contributed by atoms with Crippen LogP contribution in [0.1, 0.15) is 12.5 Å². The first-order valence-electron chi connectivity index (χ1n) is 5.81. The van der Waals surface area contributed by atoms with E-state index < -0.39 is 11.5 Å². The monoisotopic (exact) mass is 271 g/mol. The third kappa shape index (κ3) is 6.00. The molecule has 0 saturated heterocycles. The number of alkyl halides is 1. The Balaban J connectivity index is 2.14. The third-order valence-corrected chi connectivity index (χ3v) is 2.49. The summed E-state index contributed by atoms with van der Waals surface area (Å²) in [5.41, 5.74) is 1.04. The highest BCUT2D eigenvalue weighted by Crippen LogP contribution is 2.01. The van der Waals surface area contributed by atoms with E-state index in [-0.39, 0.29) is 19.1 Å². The molecule has 0 saturated carbocycles. The quantitative estimate of drug-likeness (QED) is 0.735. The van der Waals surface area contributed by atoms with Gasteiger partial charge in [-0.2, -0.15) is 0 Å². The summed E-state index contributed by atoms with van der Waals surface area (Å²) in [4.78, 5) is 11.1. The summed E-state index contributed by atoms with van der Waals surface area (Å²) in [6.07, 6.45) is -0.729. The maximum atomic E-state index is 11.1. The largest absolute Gasteiger partial charge is 0.389 e. The molecular weight excluding hydrogens is 254 g/mol. The smallest absolute Gasteiger partial charge is 0.237 e. The van der Waals surface area contributed by atoms with E-state index in [1.54, 1.807) is 6.92 Å². The second-order valence-electron chi connectivity index (χ2n) is 4.02. The number of carbonyl (C=O) groups is 1. The second-order valence-corrected chi connectivity index (χ2v) is 4.67. The van der Waals surface area contributed by atoms with Crippen LogP contribution in [0.2, 0.25) is 0 Å². The van der Waals surface area contributed by atoms with Crippen molar-refractivity contribution in [2.24, 2.45) is 0 Å². The van der Waals surface area contributed by atoms with Crippen molar-refractivity contribution in [2.45, 2.75) is 25.0 Å². The normalized spacial score (nSPS) is 13.9. The van der Waals surface area contributed by atoms with Gasteiger partial charge in [-0.3, -0.25) is 4.79 Å². The van der Waals surface area contributed by atoms with Crippen LogP contribution in [0.3, 0.4) is 0 Å². The molecule has 0 bridgehead atoms. The number of benzene rings is 1. The molecule has 0 aliphatic carbocycles. The van der Waals surface area contributed by atoms with Gasteiger partial charge in [-0.1, -0.05) is 30.3 Å². The van der Waals surface area contributed by atoms with Crippen LogP contribution in [0.25, 0.3) is 0 Å². The summed E-state index contributed by atoms with van der Waals surface area (Å²) in [5.74, 6) is -0.293. The fraction of sp³-hybridized carbons (Fsp3) is 0.462. The predicted octanol–water partition coefficient (Wildman–Crippen LogP) is 1.31. The number of hydrogen-bond acceptors (Lipinski definition) is 3. The minimum atomic E-state index is -0.729. The van der Waals surface area contributed by atoms with Gasteiger partial charge in [0.2, 0.25) is 5.91 Å². The molecule has 0 heterocycles. The maximum absolute atomic E-state index is 11.1. The van der Waals surface area contributed by atoms with E-state index in [0.29, 0.717) is 6.61 Å². The van der Waals surface area contributed by atoms with Crippen LogP contribution in [0.5, 0.6) is 0 Å². The highest BCUT2D eigenvalue weighted by molar-refractivity contribution is 6.30. The number of ether oxygens (including phenoxy) is 1. The molecule has 2 N–H and O–H groups in total. The Morgan fingerprint density at radius 3 is 2.72 bits per heavy atom. The predicted molar refractivity (Wildman–Crippen MR) is 70.4 cm³/mol. The van der Waals surface area contributed by atoms with E-state index in [1.807, 2.05) is 30.3 Å². The fourth-order valence-electron chi connectivity index (χ4n) is 1.31. The zero-order valence-corrected chi connectivity index (χ0v) is 11.1. The number of nitrogens with one attached hydrogen (secondary N) is 1. The topological polar surface area (TPSA) is 58.6 Å². The lowest BCUT2D eigenvalue weighted by molar-refractivity contribution is -0.121. The zero-order valence-electron chi connectivity index (χ0n) is 10.3. The van der Waals surface area contributed by atoms with E-state index in [2.05, 4.69) is 5.32 Å². The molecule has 18 heavy (non-hydrogen) atoms. The van der Waals surface area contributed by atoms with Gasteiger partial charge in [-0.15, -0.1) is 11.6 Å². The maximum Gasteiger partial charge on any atom is 0.237 e. The summed E-state index contributed by atoms with van der Waals surface area (Å²) < 4.78 is 5.34. The molecule has 4 nitrogen and oxygen atoms in total. The molecule has 100 valence electrons. The molecule has 2 atom stereocenters. The number of halogens is 1. The Kier molecular flexibility index (Phi) is 6.72. The number of amides is 1. The van der Waals surface area contributed by atoms with E-state index in [4.69, 9.17) is 16.3 Å². The molecule has 1 amide bonds. The van der Waals surface area contributed by atoms with Gasteiger partial charge in [0.1, 0.15) is 5.38 Å². The van der Waals surface area contributed by atoms with Crippen LogP contribution in [-0.4, -0.2) is 35.6 Å². The summed E-state index contributed by atoms with van der Waals surface area (Å²) in [6.45, 7) is 2.34. The second kappa shape index (κ2) is 8.08. The first kappa shape index (κ1) is 15.0. The van der Waals surface area contributed by atoms with Crippen LogP contribution in [0, 0.1) is 0 Å². The Morgan fingerprint density at radius 2 is 2.11 bits per heavy atom. The Bertz CT molecular complexity index is 357. The molecular formula is C13H18ClNO3. The summed E-state index contributed by atoms with van der Waals surface area (Å²) in [6, 6.07) is 9.68. The standard InChI is InChI=1S/C13H18ClNO3/c1-10(14)13(17)15-7-12(16)9-18-8-11-5-3-2-4-6-11/h2-6,10,12,16H,7-9H2,1H3,(H,15,17)/t10?,12-/m0/s1. The Hall–Kier alpha value is -1.10. The lowest BCUT2D eigenvalue weighted by Crippen LogP contribution is -2.37. The average Bonchev–Trinajstić information content (AvgIpc) is 2.37. The lowest BCUT2D eigenvalue weighted by Gasteiger charge is -2.13. The number of aliphatic hydroxyl groups excluding tert-OH is 1. The van der Waals surface area contributed by atoms with Gasteiger partial charge in [0.05, 0.1) is 19.3 Å². The van der Waals surface area contributed by atoms with Crippen LogP contribution < -0.4 is 5.32 Å². The molecule has 0 aliphatic heterocycles. The lowest BCUT2D eigenvalue weighted by atomic mass is 10.2. The molecule has 1 rings (SSSR count). The molecule has 1 unspecified atom stereocenters. The molecule has 1 aromatic rings. The van der Waals surface area contributed by atoms with Crippen molar-refractivity contribution in [1.82, 2.24) is 5.32 Å². The number of rotatable bonds is 7. The zero-order chi connectivity index (χ0) is 13.4. The van der Waals surface area contributed by atoms with Crippen LogP contribution >= 0.6 is 11.6 Å². The molecule has 0 aromatic heterocycles. The summed E-state index contributed by atoms with van der Waals surface area (Å²) in [5, 5.41) is 11.5. The van der Waals surface area contributed by atoms with Crippen molar-refractivity contribution in [3.63, 3.8) is 0 Å². The van der Waals surface area contributed by atoms with Crippen LogP contribution in [0.4, 0.5) is 0 Å². The number of carbonyl (C=O) groups excluding carboxylic acids is 1. The van der Waals surface area contributed by atoms with E-state index in [0.717, 1.165) is 5.56 Å². The van der Waals surface area contributed by atoms with Gasteiger partial charge in [0.15, 0.2) is 0 Å². The molecule has 0 spiro atoms. The first-order chi connectivity index (χ1) is 8.59. The minimum absolute atomic E-state index is 0.144. The van der Waals surface area contributed by atoms with Crippen molar-refractivity contribution in [2.75, 3.05) is 13.2 Å². The van der Waals surface area contributed by atoms with Gasteiger partial charge >= 0.3 is 0 Å². The fourth-order valence-corrected chi connectivity index (χ4v) is 1.38. The summed E-state index contributed by atoms with van der Waals surface area (Å²) >= 11 is 5.57. The molecule has 0 aliphatic rings. The SMILES string of the molecule is CC(Cl)C(=O)NC[C@H](O)COCc1ccccc1. The van der Waals surface area contributed by atoms with Gasteiger partial charge < -0.3 is 15.2 Å². The van der Waals surface area contributed by atoms with Crippen molar-refractivity contribution in [3.8, 4) is 0 Å². The van der Waals surface area contributed by atoms with E-state index in [1.165, 1.54) is 0 Å². The van der Waals surface area contributed by atoms with Crippen LogP contribution in [0.15, 0.2) is 30.3 Å². The third-order valence-electron chi connectivity index (χ3n) is 2.29. The van der Waals surface area contributed by atoms with Gasteiger partial charge in [-0.05, 0) is 12.5 Å². The Morgan fingerprint density at radius 1 is 1.44 bits per heavy atom. The highest BCUT2D eigenvalue weighted by atomic mass is 35.5. The van der Waals surface area contributed by atoms with Gasteiger partial charge in [0, 0.05) is 6.54 Å². The van der Waals surface area contributed by atoms with Crippen LogP contribution in [-0.2, 0) is 16.1 Å². The van der Waals surface area contributed by atoms with Gasteiger partial charge in [-0.25, -0.2) is 0 Å². The molecule has 0 fully saturated rings. The van der Waals surface area contributed by atoms with Crippen molar-refractivity contribution in [1.29, 1.82) is 0 Å². The average molecular weight is 272 g/mol. The number of hydrogen-bond donors (Lipinski definition) is 2. The highest BCUT2D eigenvalue weighted by Gasteiger charge is 2.11. The minimum Gasteiger partial charge on any atom is -0.389 e. The molecule has 5 heteroatoms. The van der Waals surface area contributed by atoms with Gasteiger partial charge in [0.25, 0.3) is 0 Å². The molecule has 1 aromatic carbocycles. The van der Waals surface area contributed by atoms with E-state index >= 15 is 0 Å².